The molecule has 1 aromatic heterocycles. The van der Waals surface area contributed by atoms with E-state index in [1.54, 1.807) is 0 Å². The molecular weight excluding hydrogens is 262 g/mol. The number of hydrogen-bond acceptors (Lipinski definition) is 2. The van der Waals surface area contributed by atoms with Gasteiger partial charge in [-0.05, 0) is 16.7 Å². The van der Waals surface area contributed by atoms with Crippen LogP contribution in [0.3, 0.4) is 0 Å². The second-order valence-corrected chi connectivity index (χ2v) is 11.8. The van der Waals surface area contributed by atoms with Gasteiger partial charge in [-0.15, -0.1) is 0 Å². The van der Waals surface area contributed by atoms with Crippen molar-refractivity contribution in [3.8, 4) is 11.1 Å². The van der Waals surface area contributed by atoms with Gasteiger partial charge in [-0.3, -0.25) is 4.98 Å². The summed E-state index contributed by atoms with van der Waals surface area (Å²) in [5.41, 5.74) is 8.23. The van der Waals surface area contributed by atoms with E-state index in [9.17, 15) is 0 Å². The van der Waals surface area contributed by atoms with Crippen molar-refractivity contribution in [1.82, 2.24) is 4.98 Å². The standard InChI is InChI=1S/C17H19NOSi/c1-20(2,3)17-14-10-19-9-13(14)16-12-7-5-4-6-11(12)8-15(16)18-17/h4-7H,8-10H2,1-3H3. The molecule has 0 saturated carbocycles. The lowest BCUT2D eigenvalue weighted by molar-refractivity contribution is 0.135. The third-order valence-corrected chi connectivity index (χ3v) is 6.17. The van der Waals surface area contributed by atoms with Crippen LogP contribution in [0.15, 0.2) is 24.3 Å². The summed E-state index contributed by atoms with van der Waals surface area (Å²) in [5, 5.41) is 1.36. The molecule has 2 aromatic rings. The van der Waals surface area contributed by atoms with Gasteiger partial charge in [0.1, 0.15) is 8.07 Å². The van der Waals surface area contributed by atoms with Crippen LogP contribution in [0.4, 0.5) is 0 Å². The fourth-order valence-electron chi connectivity index (χ4n) is 3.46. The highest BCUT2D eigenvalue weighted by atomic mass is 28.3. The molecular formula is C17H19NOSi. The summed E-state index contributed by atoms with van der Waals surface area (Å²) in [5.74, 6) is 0. The highest BCUT2D eigenvalue weighted by molar-refractivity contribution is 6.88. The molecule has 0 bridgehead atoms. The summed E-state index contributed by atoms with van der Waals surface area (Å²) >= 11 is 0. The maximum absolute atomic E-state index is 5.77. The number of aromatic nitrogens is 1. The van der Waals surface area contributed by atoms with Crippen molar-refractivity contribution in [3.05, 3.63) is 46.6 Å². The van der Waals surface area contributed by atoms with Crippen molar-refractivity contribution < 1.29 is 4.74 Å². The summed E-state index contributed by atoms with van der Waals surface area (Å²) in [4.78, 5) is 5.09. The minimum atomic E-state index is -1.43. The normalized spacial score (nSPS) is 15.9. The first-order valence-corrected chi connectivity index (χ1v) is 10.8. The molecule has 4 rings (SSSR count). The molecule has 0 atom stereocenters. The zero-order valence-corrected chi connectivity index (χ0v) is 13.3. The summed E-state index contributed by atoms with van der Waals surface area (Å²) in [6, 6.07) is 8.71. The molecule has 2 heterocycles. The Morgan fingerprint density at radius 3 is 2.60 bits per heavy atom. The Bertz CT molecular complexity index is 716. The lowest BCUT2D eigenvalue weighted by Gasteiger charge is -2.21. The molecule has 102 valence electrons. The average Bonchev–Trinajstić information content (AvgIpc) is 2.99. The summed E-state index contributed by atoms with van der Waals surface area (Å²) in [6.45, 7) is 8.64. The van der Waals surface area contributed by atoms with E-state index >= 15 is 0 Å². The Balaban J connectivity index is 2.03. The van der Waals surface area contributed by atoms with E-state index in [0.29, 0.717) is 0 Å². The van der Waals surface area contributed by atoms with Crippen LogP contribution in [-0.4, -0.2) is 13.1 Å². The molecule has 1 aliphatic heterocycles. The zero-order chi connectivity index (χ0) is 13.9. The van der Waals surface area contributed by atoms with Crippen LogP contribution in [0, 0.1) is 0 Å². The Hall–Kier alpha value is -1.45. The van der Waals surface area contributed by atoms with Crippen molar-refractivity contribution >= 4 is 13.4 Å². The largest absolute Gasteiger partial charge is 0.372 e. The van der Waals surface area contributed by atoms with Crippen LogP contribution >= 0.6 is 0 Å². The van der Waals surface area contributed by atoms with Gasteiger partial charge in [-0.1, -0.05) is 43.9 Å². The van der Waals surface area contributed by atoms with Crippen LogP contribution in [0.5, 0.6) is 0 Å². The Morgan fingerprint density at radius 1 is 1.05 bits per heavy atom. The molecule has 3 heteroatoms. The first-order chi connectivity index (χ1) is 9.55. The van der Waals surface area contributed by atoms with Crippen LogP contribution in [0.25, 0.3) is 11.1 Å². The van der Waals surface area contributed by atoms with Gasteiger partial charge < -0.3 is 4.74 Å². The molecule has 0 N–H and O–H groups in total. The van der Waals surface area contributed by atoms with Gasteiger partial charge in [0.25, 0.3) is 0 Å². The first kappa shape index (κ1) is 12.3. The number of rotatable bonds is 1. The van der Waals surface area contributed by atoms with Crippen LogP contribution in [0.1, 0.15) is 22.4 Å². The highest BCUT2D eigenvalue weighted by Gasteiger charge is 2.33. The molecule has 0 radical (unpaired) electrons. The van der Waals surface area contributed by atoms with E-state index in [4.69, 9.17) is 9.72 Å². The zero-order valence-electron chi connectivity index (χ0n) is 12.3. The number of fused-ring (bicyclic) bond motifs is 5. The van der Waals surface area contributed by atoms with Crippen LogP contribution < -0.4 is 5.32 Å². The first-order valence-electron chi connectivity index (χ1n) is 7.27. The quantitative estimate of drug-likeness (QED) is 0.639. The van der Waals surface area contributed by atoms with Gasteiger partial charge in [0.2, 0.25) is 0 Å². The van der Waals surface area contributed by atoms with Gasteiger partial charge in [0, 0.05) is 22.9 Å². The van der Waals surface area contributed by atoms with Crippen molar-refractivity contribution in [3.63, 3.8) is 0 Å². The molecule has 20 heavy (non-hydrogen) atoms. The highest BCUT2D eigenvalue weighted by Crippen LogP contribution is 2.40. The van der Waals surface area contributed by atoms with Gasteiger partial charge in [-0.25, -0.2) is 0 Å². The lowest BCUT2D eigenvalue weighted by Crippen LogP contribution is -2.43. The van der Waals surface area contributed by atoms with Gasteiger partial charge in [0.15, 0.2) is 0 Å². The molecule has 0 saturated heterocycles. The van der Waals surface area contributed by atoms with Crippen molar-refractivity contribution in [1.29, 1.82) is 0 Å². The van der Waals surface area contributed by atoms with Crippen molar-refractivity contribution in [2.75, 3.05) is 0 Å². The molecule has 1 aliphatic carbocycles. The van der Waals surface area contributed by atoms with Gasteiger partial charge >= 0.3 is 0 Å². The van der Waals surface area contributed by atoms with Gasteiger partial charge in [-0.2, -0.15) is 0 Å². The fraction of sp³-hybridized carbons (Fsp3) is 0.353. The Labute approximate surface area is 120 Å². The van der Waals surface area contributed by atoms with E-state index in [2.05, 4.69) is 43.9 Å². The second kappa shape index (κ2) is 4.03. The second-order valence-electron chi connectivity index (χ2n) is 6.82. The third kappa shape index (κ3) is 1.63. The predicted molar refractivity (Wildman–Crippen MR) is 84.0 cm³/mol. The third-order valence-electron chi connectivity index (χ3n) is 4.34. The number of hydrogen-bond donors (Lipinski definition) is 0. The molecule has 2 nitrogen and oxygen atoms in total. The molecule has 0 spiro atoms. The molecule has 0 unspecified atom stereocenters. The Kier molecular flexibility index (Phi) is 2.48. The number of nitrogens with zero attached hydrogens (tertiary/aromatic N) is 1. The maximum Gasteiger partial charge on any atom is 0.102 e. The number of pyridine rings is 1. The maximum atomic E-state index is 5.77. The molecule has 0 amide bonds. The summed E-state index contributed by atoms with van der Waals surface area (Å²) in [7, 11) is -1.43. The van der Waals surface area contributed by atoms with Crippen molar-refractivity contribution in [2.24, 2.45) is 0 Å². The van der Waals surface area contributed by atoms with E-state index in [-0.39, 0.29) is 0 Å². The Morgan fingerprint density at radius 2 is 1.80 bits per heavy atom. The molecule has 0 fully saturated rings. The minimum Gasteiger partial charge on any atom is -0.372 e. The molecule has 2 aliphatic rings. The van der Waals surface area contributed by atoms with E-state index in [1.165, 1.54) is 38.8 Å². The molecule has 1 aromatic carbocycles. The smallest absolute Gasteiger partial charge is 0.102 e. The SMILES string of the molecule is C[Si](C)(C)c1nc2c(c3c1COC3)-c1ccccc1C2. The minimum absolute atomic E-state index is 0.747. The monoisotopic (exact) mass is 281 g/mol. The van der Waals surface area contributed by atoms with Crippen molar-refractivity contribution in [2.45, 2.75) is 39.3 Å². The topological polar surface area (TPSA) is 22.1 Å². The predicted octanol–water partition coefficient (Wildman–Crippen LogP) is 3.23. The van der Waals surface area contributed by atoms with Crippen LogP contribution in [0.2, 0.25) is 19.6 Å². The summed E-state index contributed by atoms with van der Waals surface area (Å²) < 4.78 is 5.77. The fourth-order valence-corrected chi connectivity index (χ4v) is 5.06. The number of benzene rings is 1. The van der Waals surface area contributed by atoms with Gasteiger partial charge in [0.05, 0.1) is 18.9 Å². The van der Waals surface area contributed by atoms with E-state index in [1.807, 2.05) is 0 Å². The summed E-state index contributed by atoms with van der Waals surface area (Å²) in [6.07, 6.45) is 0.982. The number of ether oxygens (including phenoxy) is 1. The lowest BCUT2D eigenvalue weighted by atomic mass is 10.0. The van der Waals surface area contributed by atoms with E-state index < -0.39 is 8.07 Å². The van der Waals surface area contributed by atoms with E-state index in [0.717, 1.165) is 19.6 Å². The van der Waals surface area contributed by atoms with Crippen LogP contribution in [-0.2, 0) is 24.4 Å². The average molecular weight is 281 g/mol.